The Hall–Kier alpha value is -4.29. The highest BCUT2D eigenvalue weighted by Crippen LogP contribution is 2.43. The van der Waals surface area contributed by atoms with Crippen LogP contribution in [0.5, 0.6) is 5.88 Å². The number of amides is 3. The summed E-state index contributed by atoms with van der Waals surface area (Å²) in [5, 5.41) is 22.0. The minimum atomic E-state index is -0.679. The summed E-state index contributed by atoms with van der Waals surface area (Å²) < 4.78 is 5.73. The number of hydrogen-bond acceptors (Lipinski definition) is 8. The van der Waals surface area contributed by atoms with E-state index in [-0.39, 0.29) is 23.6 Å². The van der Waals surface area contributed by atoms with Crippen molar-refractivity contribution in [3.8, 4) is 28.3 Å². The van der Waals surface area contributed by atoms with E-state index in [9.17, 15) is 19.5 Å². The Morgan fingerprint density at radius 3 is 2.69 bits per heavy atom. The topological polar surface area (TPSA) is 145 Å². The largest absolute Gasteiger partial charge is 0.481 e. The first kappa shape index (κ1) is 30.7. The lowest BCUT2D eigenvalue weighted by atomic mass is 9.96. The third kappa shape index (κ3) is 5.91. The predicted octanol–water partition coefficient (Wildman–Crippen LogP) is 3.05. The molecule has 3 aliphatic rings. The molecule has 0 spiro atoms. The van der Waals surface area contributed by atoms with E-state index in [0.29, 0.717) is 53.8 Å². The summed E-state index contributed by atoms with van der Waals surface area (Å²) in [4.78, 5) is 41.9. The molecule has 0 unspecified atom stereocenters. The van der Waals surface area contributed by atoms with Crippen LogP contribution in [0.1, 0.15) is 35.6 Å². The smallest absolute Gasteiger partial charge is 0.273 e. The molecule has 5 N–H and O–H groups in total. The highest BCUT2D eigenvalue weighted by molar-refractivity contribution is 6.36. The zero-order valence-corrected chi connectivity index (χ0v) is 26.0. The van der Waals surface area contributed by atoms with Gasteiger partial charge in [0.2, 0.25) is 11.8 Å². The maximum atomic E-state index is 13.0. The average molecular weight is 631 g/mol. The summed E-state index contributed by atoms with van der Waals surface area (Å²) in [5.74, 6) is -0.437. The number of aliphatic hydroxyl groups is 1. The van der Waals surface area contributed by atoms with Crippen molar-refractivity contribution in [1.29, 1.82) is 0 Å². The number of anilines is 1. The number of pyridine rings is 1. The number of hydrazine groups is 1. The molecule has 0 saturated carbocycles. The van der Waals surface area contributed by atoms with Crippen LogP contribution in [0.25, 0.3) is 22.4 Å². The Morgan fingerprint density at radius 1 is 1.18 bits per heavy atom. The molecule has 6 rings (SSSR count). The van der Waals surface area contributed by atoms with Gasteiger partial charge >= 0.3 is 0 Å². The third-order valence-corrected chi connectivity index (χ3v) is 9.06. The fraction of sp³-hybridized carbons (Fsp3) is 0.333. The second kappa shape index (κ2) is 12.6. The highest BCUT2D eigenvalue weighted by atomic mass is 35.5. The van der Waals surface area contributed by atoms with Crippen LogP contribution in [-0.4, -0.2) is 72.2 Å². The molecule has 0 radical (unpaired) electrons. The number of nitrogens with zero attached hydrogens (tertiary/aromatic N) is 2. The minimum absolute atomic E-state index is 0.0228. The number of methoxy groups -OCH3 is 1. The molecule has 1 aromatic heterocycles. The van der Waals surface area contributed by atoms with Crippen molar-refractivity contribution in [3.63, 3.8) is 0 Å². The van der Waals surface area contributed by atoms with Gasteiger partial charge in [-0.2, -0.15) is 0 Å². The Morgan fingerprint density at radius 2 is 1.93 bits per heavy atom. The molecule has 1 saturated heterocycles. The molecule has 3 heterocycles. The standard InChI is InChI=1S/C33H35ClN6O5/c1-17-20(6-5-9-24(17)38-31(43)23-12-13-36-40(2)33(23)44)21-7-4-8-22(29(21)34)25-14-18-15-26(41)30(28(18)32(39-25)45-3)35-16-19-10-11-27(42)37-19/h4-9,12,14,19,26,30,35-36,41H,10-11,13,15-16H2,1-3H3,(H,37,42)(H,38,43)/t19-,26-,30-/m0/s1. The van der Waals surface area contributed by atoms with E-state index < -0.39 is 17.9 Å². The number of halogens is 1. The highest BCUT2D eigenvalue weighted by Gasteiger charge is 2.36. The summed E-state index contributed by atoms with van der Waals surface area (Å²) in [6.45, 7) is 2.80. The number of ether oxygens (including phenoxy) is 1. The van der Waals surface area contributed by atoms with Gasteiger partial charge in [0.05, 0.1) is 30.0 Å². The molecule has 45 heavy (non-hydrogen) atoms. The van der Waals surface area contributed by atoms with Crippen molar-refractivity contribution >= 4 is 35.0 Å². The van der Waals surface area contributed by atoms with E-state index in [0.717, 1.165) is 34.2 Å². The lowest BCUT2D eigenvalue weighted by Gasteiger charge is -2.23. The maximum Gasteiger partial charge on any atom is 0.273 e. The monoisotopic (exact) mass is 630 g/mol. The number of aliphatic hydroxyl groups excluding tert-OH is 1. The van der Waals surface area contributed by atoms with E-state index >= 15 is 0 Å². The number of rotatable bonds is 8. The molecule has 1 fully saturated rings. The molecule has 3 amide bonds. The van der Waals surface area contributed by atoms with Crippen LogP contribution in [0, 0.1) is 6.92 Å². The Kier molecular flexibility index (Phi) is 8.61. The van der Waals surface area contributed by atoms with Crippen molar-refractivity contribution in [2.45, 2.75) is 44.4 Å². The zero-order chi connectivity index (χ0) is 31.8. The van der Waals surface area contributed by atoms with Crippen LogP contribution < -0.4 is 26.1 Å². The van der Waals surface area contributed by atoms with Crippen LogP contribution >= 0.6 is 11.6 Å². The zero-order valence-electron chi connectivity index (χ0n) is 25.2. The van der Waals surface area contributed by atoms with Crippen LogP contribution in [-0.2, 0) is 20.8 Å². The van der Waals surface area contributed by atoms with Crippen molar-refractivity contribution in [2.24, 2.45) is 0 Å². The number of benzene rings is 2. The Balaban J connectivity index is 1.29. The van der Waals surface area contributed by atoms with E-state index in [2.05, 4.69) is 21.4 Å². The minimum Gasteiger partial charge on any atom is -0.481 e. The molecule has 3 aromatic rings. The van der Waals surface area contributed by atoms with Crippen LogP contribution in [0.15, 0.2) is 54.1 Å². The van der Waals surface area contributed by atoms with Gasteiger partial charge in [-0.05, 0) is 42.2 Å². The first-order valence-corrected chi connectivity index (χ1v) is 15.2. The van der Waals surface area contributed by atoms with Crippen molar-refractivity contribution < 1.29 is 24.2 Å². The average Bonchev–Trinajstić information content (AvgIpc) is 3.59. The molecule has 2 aromatic carbocycles. The maximum absolute atomic E-state index is 13.0. The molecule has 3 atom stereocenters. The molecule has 11 nitrogen and oxygen atoms in total. The number of fused-ring (bicyclic) bond motifs is 1. The first-order chi connectivity index (χ1) is 21.7. The Labute approximate surface area is 266 Å². The third-order valence-electron chi connectivity index (χ3n) is 8.66. The predicted molar refractivity (Wildman–Crippen MR) is 171 cm³/mol. The first-order valence-electron chi connectivity index (χ1n) is 14.9. The van der Waals surface area contributed by atoms with Gasteiger partial charge in [-0.15, -0.1) is 0 Å². The van der Waals surface area contributed by atoms with Gasteiger partial charge in [0.1, 0.15) is 5.57 Å². The molecule has 2 aliphatic heterocycles. The molecular formula is C33H35ClN6O5. The SMILES string of the molecule is COc1nc(-c2cccc(-c3cccc(NC(=O)C4=CCNN(C)C4=O)c3C)c2Cl)cc2c1[C@@H](NC[C@@H]1CCC(=O)N1)[C@@H](O)C2. The second-order valence-corrected chi connectivity index (χ2v) is 11.9. The van der Waals surface area contributed by atoms with Gasteiger partial charge < -0.3 is 25.8 Å². The summed E-state index contributed by atoms with van der Waals surface area (Å²) >= 11 is 7.07. The van der Waals surface area contributed by atoms with Gasteiger partial charge in [0.15, 0.2) is 0 Å². The molecule has 12 heteroatoms. The lowest BCUT2D eigenvalue weighted by Crippen LogP contribution is -2.46. The van der Waals surface area contributed by atoms with E-state index in [4.69, 9.17) is 21.3 Å². The van der Waals surface area contributed by atoms with Gasteiger partial charge in [0.25, 0.3) is 11.8 Å². The number of aromatic nitrogens is 1. The number of nitrogens with one attached hydrogen (secondary N) is 4. The number of carbonyl (C=O) groups is 3. The number of carbonyl (C=O) groups excluding carboxylic acids is 3. The lowest BCUT2D eigenvalue weighted by molar-refractivity contribution is -0.131. The fourth-order valence-electron chi connectivity index (χ4n) is 6.26. The molecular weight excluding hydrogens is 596 g/mol. The van der Waals surface area contributed by atoms with Gasteiger partial charge in [0, 0.05) is 61.4 Å². The number of likely N-dealkylation sites (N-methyl/N-ethyl adjacent to an activating group) is 1. The summed E-state index contributed by atoms with van der Waals surface area (Å²) in [6, 6.07) is 12.8. The normalized spacial score (nSPS) is 21.0. The molecule has 234 valence electrons. The fourth-order valence-corrected chi connectivity index (χ4v) is 6.58. The summed E-state index contributed by atoms with van der Waals surface area (Å²) in [6.07, 6.45) is 2.58. The van der Waals surface area contributed by atoms with Gasteiger partial charge in [-0.3, -0.25) is 19.4 Å². The van der Waals surface area contributed by atoms with Crippen molar-refractivity contribution in [3.05, 3.63) is 75.8 Å². The van der Waals surface area contributed by atoms with E-state index in [1.807, 2.05) is 43.3 Å². The summed E-state index contributed by atoms with van der Waals surface area (Å²) in [5.41, 5.74) is 8.86. The van der Waals surface area contributed by atoms with E-state index in [1.165, 1.54) is 5.01 Å². The van der Waals surface area contributed by atoms with Crippen LogP contribution in [0.2, 0.25) is 5.02 Å². The van der Waals surface area contributed by atoms with Crippen LogP contribution in [0.3, 0.4) is 0 Å². The van der Waals surface area contributed by atoms with Gasteiger partial charge in [-0.25, -0.2) is 10.4 Å². The van der Waals surface area contributed by atoms with Gasteiger partial charge in [-0.1, -0.05) is 48.0 Å². The molecule has 1 aliphatic carbocycles. The Bertz CT molecular complexity index is 1730. The molecule has 0 bridgehead atoms. The van der Waals surface area contributed by atoms with Crippen LogP contribution in [0.4, 0.5) is 5.69 Å². The van der Waals surface area contributed by atoms with E-state index in [1.54, 1.807) is 26.3 Å². The number of hydrogen-bond donors (Lipinski definition) is 5. The quantitative estimate of drug-likeness (QED) is 0.239. The summed E-state index contributed by atoms with van der Waals surface area (Å²) in [7, 11) is 3.13. The second-order valence-electron chi connectivity index (χ2n) is 11.5. The van der Waals surface area contributed by atoms with Crippen molar-refractivity contribution in [1.82, 2.24) is 26.1 Å². The van der Waals surface area contributed by atoms with Crippen molar-refractivity contribution in [2.75, 3.05) is 32.6 Å².